The number of carbonyl (C=O) groups is 1. The molecule has 1 fully saturated rings. The van der Waals surface area contributed by atoms with Crippen LogP contribution in [0, 0.1) is 5.92 Å². The molecule has 130 valence electrons. The summed E-state index contributed by atoms with van der Waals surface area (Å²) in [6, 6.07) is 2.37. The van der Waals surface area contributed by atoms with Crippen molar-refractivity contribution in [2.24, 2.45) is 5.92 Å². The number of amides is 1. The minimum Gasteiger partial charge on any atom is -0.369 e. The molecule has 0 saturated carbocycles. The van der Waals surface area contributed by atoms with E-state index in [1.165, 1.54) is 10.4 Å². The van der Waals surface area contributed by atoms with E-state index in [9.17, 15) is 4.79 Å². The van der Waals surface area contributed by atoms with Crippen LogP contribution in [0.25, 0.3) is 0 Å². The van der Waals surface area contributed by atoms with Crippen molar-refractivity contribution in [2.45, 2.75) is 44.8 Å². The third kappa shape index (κ3) is 2.63. The summed E-state index contributed by atoms with van der Waals surface area (Å²) >= 11 is 1.68. The van der Waals surface area contributed by atoms with Gasteiger partial charge in [0, 0.05) is 11.4 Å². The predicted molar refractivity (Wildman–Crippen MR) is 96.6 cm³/mol. The largest absolute Gasteiger partial charge is 0.369 e. The van der Waals surface area contributed by atoms with E-state index in [0.717, 1.165) is 50.4 Å². The lowest BCUT2D eigenvalue weighted by Gasteiger charge is -2.40. The summed E-state index contributed by atoms with van der Waals surface area (Å²) in [7, 11) is 0. The second-order valence-corrected chi connectivity index (χ2v) is 8.48. The van der Waals surface area contributed by atoms with Crippen LogP contribution in [-0.4, -0.2) is 43.1 Å². The van der Waals surface area contributed by atoms with Crippen LogP contribution >= 0.6 is 11.3 Å². The molecular formula is C19H26N2O2S. The van der Waals surface area contributed by atoms with Crippen LogP contribution in [0.15, 0.2) is 18.2 Å². The van der Waals surface area contributed by atoms with Gasteiger partial charge in [-0.1, -0.05) is 26.0 Å². The van der Waals surface area contributed by atoms with E-state index in [1.807, 2.05) is 4.90 Å². The number of carbonyl (C=O) groups excluding carboxylic acids is 1. The normalized spacial score (nSPS) is 25.5. The number of hydrogen-bond acceptors (Lipinski definition) is 4. The average Bonchev–Trinajstić information content (AvgIpc) is 3.23. The number of ether oxygens (including phenoxy) is 1. The fourth-order valence-corrected chi connectivity index (χ4v) is 5.58. The summed E-state index contributed by atoms with van der Waals surface area (Å²) in [5.74, 6) is 0.628. The molecule has 1 amide bonds. The monoisotopic (exact) mass is 346 g/mol. The molecule has 5 heteroatoms. The minimum atomic E-state index is -0.150. The van der Waals surface area contributed by atoms with Crippen LogP contribution in [0.4, 0.5) is 0 Å². The van der Waals surface area contributed by atoms with Crippen LogP contribution < -0.4 is 5.32 Å². The first-order valence-electron chi connectivity index (χ1n) is 9.06. The van der Waals surface area contributed by atoms with Crippen molar-refractivity contribution < 1.29 is 9.53 Å². The van der Waals surface area contributed by atoms with Crippen molar-refractivity contribution in [2.75, 3.05) is 26.2 Å². The molecule has 1 aromatic heterocycles. The molecule has 4 nitrogen and oxygen atoms in total. The molecule has 1 atom stereocenters. The standard InChI is InChI=1S/C19H26N2O2S/c1-13(2)15-4-3-10-21(15)18(22)16-12-14-5-11-23-19(17(14)24-16)6-8-20-9-7-19/h3-4,12-13,15,20H,5-11H2,1-2H3. The summed E-state index contributed by atoms with van der Waals surface area (Å²) in [4.78, 5) is 17.3. The molecule has 4 heterocycles. The maximum Gasteiger partial charge on any atom is 0.264 e. The predicted octanol–water partition coefficient (Wildman–Crippen LogP) is 2.94. The number of nitrogens with zero attached hydrogens (tertiary/aromatic N) is 1. The lowest BCUT2D eigenvalue weighted by atomic mass is 9.86. The topological polar surface area (TPSA) is 41.6 Å². The van der Waals surface area contributed by atoms with Crippen molar-refractivity contribution in [1.29, 1.82) is 0 Å². The maximum atomic E-state index is 13.1. The van der Waals surface area contributed by atoms with E-state index < -0.39 is 0 Å². The van der Waals surface area contributed by atoms with E-state index in [-0.39, 0.29) is 17.6 Å². The molecular weight excluding hydrogens is 320 g/mol. The van der Waals surface area contributed by atoms with Crippen molar-refractivity contribution in [3.8, 4) is 0 Å². The Morgan fingerprint density at radius 2 is 2.21 bits per heavy atom. The highest BCUT2D eigenvalue weighted by Crippen LogP contribution is 2.44. The number of thiophene rings is 1. The quantitative estimate of drug-likeness (QED) is 0.837. The van der Waals surface area contributed by atoms with Crippen LogP contribution in [0.3, 0.4) is 0 Å². The Balaban J connectivity index is 1.63. The molecule has 0 aromatic carbocycles. The molecule has 3 aliphatic heterocycles. The minimum absolute atomic E-state index is 0.150. The summed E-state index contributed by atoms with van der Waals surface area (Å²) in [6.45, 7) is 7.85. The van der Waals surface area contributed by atoms with Gasteiger partial charge in [0.05, 0.1) is 17.5 Å². The van der Waals surface area contributed by atoms with Gasteiger partial charge in [0.25, 0.3) is 5.91 Å². The van der Waals surface area contributed by atoms with Crippen LogP contribution in [0.1, 0.15) is 46.8 Å². The highest BCUT2D eigenvalue weighted by molar-refractivity contribution is 7.14. The van der Waals surface area contributed by atoms with Crippen molar-refractivity contribution >= 4 is 17.2 Å². The van der Waals surface area contributed by atoms with Gasteiger partial charge in [0.1, 0.15) is 5.60 Å². The van der Waals surface area contributed by atoms with Crippen molar-refractivity contribution in [3.63, 3.8) is 0 Å². The van der Waals surface area contributed by atoms with Gasteiger partial charge in [-0.25, -0.2) is 0 Å². The molecule has 24 heavy (non-hydrogen) atoms. The zero-order chi connectivity index (χ0) is 16.7. The Hall–Kier alpha value is -1.17. The van der Waals surface area contributed by atoms with E-state index >= 15 is 0 Å². The lowest BCUT2D eigenvalue weighted by molar-refractivity contribution is -0.0771. The molecule has 0 radical (unpaired) electrons. The first-order chi connectivity index (χ1) is 11.6. The van der Waals surface area contributed by atoms with Gasteiger partial charge in [-0.2, -0.15) is 0 Å². The van der Waals surface area contributed by atoms with E-state index in [0.29, 0.717) is 5.92 Å². The fourth-order valence-electron chi connectivity index (χ4n) is 4.21. The second kappa shape index (κ2) is 6.28. The highest BCUT2D eigenvalue weighted by atomic mass is 32.1. The average molecular weight is 346 g/mol. The molecule has 1 N–H and O–H groups in total. The lowest BCUT2D eigenvalue weighted by Crippen LogP contribution is -2.44. The molecule has 1 aromatic rings. The van der Waals surface area contributed by atoms with Gasteiger partial charge in [-0.3, -0.25) is 4.79 Å². The number of hydrogen-bond donors (Lipinski definition) is 1. The zero-order valence-electron chi connectivity index (χ0n) is 14.5. The first kappa shape index (κ1) is 16.3. The molecule has 1 unspecified atom stereocenters. The molecule has 0 bridgehead atoms. The SMILES string of the molecule is CC(C)C1C=CCN1C(=O)c1cc2c(s1)C1(CCNCC1)OCC2. The van der Waals surface area contributed by atoms with Gasteiger partial charge in [0.2, 0.25) is 0 Å². The zero-order valence-corrected chi connectivity index (χ0v) is 15.3. The summed E-state index contributed by atoms with van der Waals surface area (Å²) in [5, 5.41) is 3.42. The molecule has 1 spiro atoms. The first-order valence-corrected chi connectivity index (χ1v) is 9.88. The molecule has 4 rings (SSSR count). The smallest absolute Gasteiger partial charge is 0.264 e. The molecule has 3 aliphatic rings. The van der Waals surface area contributed by atoms with Crippen LogP contribution in [-0.2, 0) is 16.8 Å². The number of rotatable bonds is 2. The van der Waals surface area contributed by atoms with Crippen LogP contribution in [0.5, 0.6) is 0 Å². The van der Waals surface area contributed by atoms with Gasteiger partial charge >= 0.3 is 0 Å². The van der Waals surface area contributed by atoms with Gasteiger partial charge < -0.3 is 15.0 Å². The van der Waals surface area contributed by atoms with Gasteiger partial charge in [-0.05, 0) is 49.9 Å². The number of fused-ring (bicyclic) bond motifs is 2. The Morgan fingerprint density at radius 1 is 1.42 bits per heavy atom. The molecule has 0 aliphatic carbocycles. The third-order valence-electron chi connectivity index (χ3n) is 5.53. The van der Waals surface area contributed by atoms with Gasteiger partial charge in [0.15, 0.2) is 0 Å². The van der Waals surface area contributed by atoms with E-state index in [2.05, 4.69) is 37.4 Å². The van der Waals surface area contributed by atoms with Gasteiger partial charge in [-0.15, -0.1) is 11.3 Å². The highest BCUT2D eigenvalue weighted by Gasteiger charge is 2.41. The number of piperidine rings is 1. The van der Waals surface area contributed by atoms with Crippen LogP contribution in [0.2, 0.25) is 0 Å². The Bertz CT molecular complexity index is 658. The second-order valence-electron chi connectivity index (χ2n) is 7.43. The molecule has 1 saturated heterocycles. The summed E-state index contributed by atoms with van der Waals surface area (Å²) < 4.78 is 6.24. The Kier molecular flexibility index (Phi) is 4.27. The van der Waals surface area contributed by atoms with E-state index in [4.69, 9.17) is 4.74 Å². The Labute approximate surface area is 147 Å². The maximum absolute atomic E-state index is 13.1. The Morgan fingerprint density at radius 3 is 2.96 bits per heavy atom. The van der Waals surface area contributed by atoms with E-state index in [1.54, 1.807) is 11.3 Å². The van der Waals surface area contributed by atoms with Crippen molar-refractivity contribution in [1.82, 2.24) is 10.2 Å². The number of nitrogens with one attached hydrogen (secondary N) is 1. The van der Waals surface area contributed by atoms with Crippen molar-refractivity contribution in [3.05, 3.63) is 33.5 Å². The fraction of sp³-hybridized carbons (Fsp3) is 0.632. The third-order valence-corrected chi connectivity index (χ3v) is 6.88. The summed E-state index contributed by atoms with van der Waals surface area (Å²) in [5.41, 5.74) is 1.19. The summed E-state index contributed by atoms with van der Waals surface area (Å²) in [6.07, 6.45) is 7.24.